The lowest BCUT2D eigenvalue weighted by Crippen LogP contribution is -2.06. The molecule has 0 unspecified atom stereocenters. The minimum atomic E-state index is 0.807. The van der Waals surface area contributed by atoms with Gasteiger partial charge in [-0.05, 0) is 32.0 Å². The van der Waals surface area contributed by atoms with Gasteiger partial charge in [0.1, 0.15) is 5.75 Å². The predicted octanol–water partition coefficient (Wildman–Crippen LogP) is 4.94. The highest BCUT2D eigenvalue weighted by atomic mass is 32.2. The van der Waals surface area contributed by atoms with Crippen LogP contribution in [-0.4, -0.2) is 12.4 Å². The van der Waals surface area contributed by atoms with Crippen LogP contribution in [0.2, 0.25) is 0 Å². The molecular weight excluding hydrogens is 278 g/mol. The third kappa shape index (κ3) is 6.91. The average molecular weight is 301 g/mol. The Labute approximate surface area is 132 Å². The van der Waals surface area contributed by atoms with Crippen LogP contribution in [0.1, 0.15) is 12.5 Å². The van der Waals surface area contributed by atoms with Crippen LogP contribution in [0.4, 0.5) is 5.69 Å². The van der Waals surface area contributed by atoms with Crippen LogP contribution >= 0.6 is 11.8 Å². The lowest BCUT2D eigenvalue weighted by molar-refractivity contribution is 0.330. The predicted molar refractivity (Wildman–Crippen MR) is 94.1 cm³/mol. The molecule has 2 aromatic carbocycles. The van der Waals surface area contributed by atoms with Gasteiger partial charge in [-0.2, -0.15) is 0 Å². The zero-order valence-electron chi connectivity index (χ0n) is 12.7. The highest BCUT2D eigenvalue weighted by Gasteiger charge is 2.09. The standard InChI is InChI=1S/C8H9NOS.C7H8.C3H6/c9-6-1-2-7-8(5-6)11-4-3-10-7;1-7-5-3-2-4-6-7;1-3-2/h1-2,5H,3-4,9H2;2-6H,1H3;3H,1H2,2H3. The van der Waals surface area contributed by atoms with Crippen molar-refractivity contribution in [3.63, 3.8) is 0 Å². The maximum Gasteiger partial charge on any atom is 0.133 e. The molecule has 0 atom stereocenters. The maximum absolute atomic E-state index is 5.61. The summed E-state index contributed by atoms with van der Waals surface area (Å²) in [6.45, 7) is 8.14. The van der Waals surface area contributed by atoms with Gasteiger partial charge in [0.05, 0.1) is 11.5 Å². The Bertz CT molecular complexity index is 540. The lowest BCUT2D eigenvalue weighted by Gasteiger charge is -2.16. The molecule has 0 aromatic heterocycles. The molecule has 0 amide bonds. The molecule has 0 fully saturated rings. The summed E-state index contributed by atoms with van der Waals surface area (Å²) < 4.78 is 5.40. The molecule has 1 heterocycles. The number of benzene rings is 2. The number of hydrogen-bond acceptors (Lipinski definition) is 3. The van der Waals surface area contributed by atoms with E-state index in [1.807, 2.05) is 43.3 Å². The molecule has 2 nitrogen and oxygen atoms in total. The molecule has 0 radical (unpaired) electrons. The van der Waals surface area contributed by atoms with E-state index in [0.29, 0.717) is 0 Å². The number of ether oxygens (including phenoxy) is 1. The fraction of sp³-hybridized carbons (Fsp3) is 0.222. The quantitative estimate of drug-likeness (QED) is 0.553. The first-order valence-electron chi connectivity index (χ1n) is 6.91. The van der Waals surface area contributed by atoms with Crippen LogP contribution in [-0.2, 0) is 0 Å². The van der Waals surface area contributed by atoms with Crippen molar-refractivity contribution >= 4 is 17.4 Å². The first-order chi connectivity index (χ1) is 10.2. The van der Waals surface area contributed by atoms with Crippen molar-refractivity contribution in [1.82, 2.24) is 0 Å². The Morgan fingerprint density at radius 2 is 1.86 bits per heavy atom. The number of aryl methyl sites for hydroxylation is 1. The highest BCUT2D eigenvalue weighted by Crippen LogP contribution is 2.34. The van der Waals surface area contributed by atoms with Gasteiger partial charge in [-0.25, -0.2) is 0 Å². The smallest absolute Gasteiger partial charge is 0.133 e. The second kappa shape index (κ2) is 9.94. The molecule has 2 N–H and O–H groups in total. The number of allylic oxidation sites excluding steroid dienone is 1. The van der Waals surface area contributed by atoms with Crippen LogP contribution in [0.25, 0.3) is 0 Å². The fourth-order valence-electron chi connectivity index (χ4n) is 1.59. The van der Waals surface area contributed by atoms with Crippen molar-refractivity contribution in [2.75, 3.05) is 18.1 Å². The van der Waals surface area contributed by atoms with Gasteiger partial charge in [0.2, 0.25) is 0 Å². The number of hydrogen-bond donors (Lipinski definition) is 1. The molecule has 1 aliphatic rings. The first-order valence-corrected chi connectivity index (χ1v) is 7.89. The van der Waals surface area contributed by atoms with E-state index in [9.17, 15) is 0 Å². The summed E-state index contributed by atoms with van der Waals surface area (Å²) in [4.78, 5) is 1.16. The van der Waals surface area contributed by atoms with Gasteiger partial charge in [-0.3, -0.25) is 0 Å². The molecule has 112 valence electrons. The van der Waals surface area contributed by atoms with E-state index < -0.39 is 0 Å². The Morgan fingerprint density at radius 1 is 1.19 bits per heavy atom. The van der Waals surface area contributed by atoms with Crippen LogP contribution in [0, 0.1) is 6.92 Å². The van der Waals surface area contributed by atoms with Gasteiger partial charge >= 0.3 is 0 Å². The van der Waals surface area contributed by atoms with Gasteiger partial charge in [-0.1, -0.05) is 42.0 Å². The van der Waals surface area contributed by atoms with Crippen LogP contribution in [0.15, 0.2) is 66.1 Å². The van der Waals surface area contributed by atoms with Crippen molar-refractivity contribution in [3.05, 3.63) is 66.7 Å². The van der Waals surface area contributed by atoms with Crippen molar-refractivity contribution < 1.29 is 4.74 Å². The molecule has 21 heavy (non-hydrogen) atoms. The summed E-state index contributed by atoms with van der Waals surface area (Å²) >= 11 is 1.80. The topological polar surface area (TPSA) is 35.2 Å². The van der Waals surface area contributed by atoms with Crippen molar-refractivity contribution in [2.24, 2.45) is 0 Å². The molecule has 0 aliphatic carbocycles. The maximum atomic E-state index is 5.61. The van der Waals surface area contributed by atoms with Crippen LogP contribution in [0.3, 0.4) is 0 Å². The van der Waals surface area contributed by atoms with E-state index in [4.69, 9.17) is 10.5 Å². The summed E-state index contributed by atoms with van der Waals surface area (Å²) in [7, 11) is 0. The normalized spacial score (nSPS) is 11.5. The molecule has 0 saturated heterocycles. The Hall–Kier alpha value is -1.87. The van der Waals surface area contributed by atoms with E-state index in [-0.39, 0.29) is 0 Å². The van der Waals surface area contributed by atoms with Crippen LogP contribution < -0.4 is 10.5 Å². The molecule has 2 aromatic rings. The van der Waals surface area contributed by atoms with Gasteiger partial charge < -0.3 is 10.5 Å². The zero-order valence-corrected chi connectivity index (χ0v) is 13.5. The summed E-state index contributed by atoms with van der Waals surface area (Å²) in [6.07, 6.45) is 1.75. The second-order valence-electron chi connectivity index (χ2n) is 4.47. The number of rotatable bonds is 0. The van der Waals surface area contributed by atoms with Crippen LogP contribution in [0.5, 0.6) is 5.75 Å². The summed E-state index contributed by atoms with van der Waals surface area (Å²) in [6, 6.07) is 16.0. The number of anilines is 1. The minimum Gasteiger partial charge on any atom is -0.492 e. The highest BCUT2D eigenvalue weighted by molar-refractivity contribution is 7.99. The Balaban J connectivity index is 0.000000190. The first kappa shape index (κ1) is 17.2. The van der Waals surface area contributed by atoms with Gasteiger partial charge in [0.15, 0.2) is 0 Å². The molecule has 1 aliphatic heterocycles. The SMILES string of the molecule is C=CC.Cc1ccccc1.Nc1ccc2c(c1)SCCO2. The largest absolute Gasteiger partial charge is 0.492 e. The van der Waals surface area contributed by atoms with E-state index in [1.165, 1.54) is 5.56 Å². The molecule has 0 bridgehead atoms. The number of thioether (sulfide) groups is 1. The molecular formula is C18H23NOS. The van der Waals surface area contributed by atoms with E-state index >= 15 is 0 Å². The van der Waals surface area contributed by atoms with Crippen molar-refractivity contribution in [1.29, 1.82) is 0 Å². The second-order valence-corrected chi connectivity index (χ2v) is 5.60. The Morgan fingerprint density at radius 3 is 2.43 bits per heavy atom. The number of nitrogen functional groups attached to an aromatic ring is 1. The summed E-state index contributed by atoms with van der Waals surface area (Å²) in [5, 5.41) is 0. The average Bonchev–Trinajstić information content (AvgIpc) is 2.49. The third-order valence-corrected chi connectivity index (χ3v) is 3.51. The lowest BCUT2D eigenvalue weighted by atomic mass is 10.2. The summed E-state index contributed by atoms with van der Waals surface area (Å²) in [5.74, 6) is 1.99. The Kier molecular flexibility index (Phi) is 8.14. The third-order valence-electron chi connectivity index (χ3n) is 2.51. The number of fused-ring (bicyclic) bond motifs is 1. The fourth-order valence-corrected chi connectivity index (χ4v) is 2.47. The van der Waals surface area contributed by atoms with E-state index in [0.717, 1.165) is 28.7 Å². The molecule has 0 saturated carbocycles. The van der Waals surface area contributed by atoms with Gasteiger partial charge in [0.25, 0.3) is 0 Å². The molecule has 3 heteroatoms. The van der Waals surface area contributed by atoms with Crippen molar-refractivity contribution in [2.45, 2.75) is 18.7 Å². The molecule has 0 spiro atoms. The zero-order chi connectivity index (χ0) is 15.5. The van der Waals surface area contributed by atoms with Crippen molar-refractivity contribution in [3.8, 4) is 5.75 Å². The number of nitrogens with two attached hydrogens (primary N) is 1. The van der Waals surface area contributed by atoms with E-state index in [1.54, 1.807) is 17.8 Å². The molecule has 3 rings (SSSR count). The minimum absolute atomic E-state index is 0.807. The van der Waals surface area contributed by atoms with Gasteiger partial charge in [-0.15, -0.1) is 18.3 Å². The van der Waals surface area contributed by atoms with Gasteiger partial charge in [0, 0.05) is 11.4 Å². The van der Waals surface area contributed by atoms with E-state index in [2.05, 4.69) is 25.6 Å². The monoisotopic (exact) mass is 301 g/mol. The summed E-state index contributed by atoms with van der Waals surface area (Å²) in [5.41, 5.74) is 7.74.